The molecule has 0 atom stereocenters. The molecule has 2 N–H and O–H groups in total. The van der Waals surface area contributed by atoms with Gasteiger partial charge >= 0.3 is 5.97 Å². The summed E-state index contributed by atoms with van der Waals surface area (Å²) in [4.78, 5) is 11.7. The minimum absolute atomic E-state index is 0.334. The summed E-state index contributed by atoms with van der Waals surface area (Å²) in [5.41, 5.74) is 3.06. The second-order valence-electron chi connectivity index (χ2n) is 8.06. The molecule has 1 aromatic carbocycles. The lowest BCUT2D eigenvalue weighted by Crippen LogP contribution is -2.77. The molecule has 2 heterocycles. The molecule has 5 heteroatoms. The van der Waals surface area contributed by atoms with Crippen molar-refractivity contribution in [3.8, 4) is 0 Å². The van der Waals surface area contributed by atoms with Gasteiger partial charge in [-0.3, -0.25) is 0 Å². The second kappa shape index (κ2) is 4.61. The Hall–Kier alpha value is -1.85. The number of carboxylic acid groups (broad SMARTS) is 1. The molecule has 4 fully saturated rings. The topological polar surface area (TPSA) is 63.5 Å². The number of carboxylic acids is 1. The predicted octanol–water partition coefficient (Wildman–Crippen LogP) is 2.56. The van der Waals surface area contributed by atoms with Crippen LogP contribution in [0.15, 0.2) is 24.3 Å². The van der Waals surface area contributed by atoms with Gasteiger partial charge in [0.25, 0.3) is 0 Å². The number of rotatable bonds is 5. The van der Waals surface area contributed by atoms with Crippen molar-refractivity contribution >= 4 is 16.9 Å². The van der Waals surface area contributed by atoms with Gasteiger partial charge < -0.3 is 19.7 Å². The van der Waals surface area contributed by atoms with E-state index >= 15 is 0 Å². The molecular weight excluding hydrogens is 304 g/mol. The highest BCUT2D eigenvalue weighted by atomic mass is 16.5. The van der Waals surface area contributed by atoms with Gasteiger partial charge in [0.05, 0.1) is 24.8 Å². The fourth-order valence-electron chi connectivity index (χ4n) is 5.31. The molecule has 6 rings (SSSR count). The first kappa shape index (κ1) is 14.5. The SMILES string of the molecule is Cc1c(C(=O)O)c2ccccc2n1CC12CC(NC3COC3)(C1)C2. The Morgan fingerprint density at radius 3 is 2.67 bits per heavy atom. The van der Waals surface area contributed by atoms with Crippen LogP contribution in [-0.4, -0.2) is 40.4 Å². The van der Waals surface area contributed by atoms with Crippen LogP contribution in [0.5, 0.6) is 0 Å². The maximum Gasteiger partial charge on any atom is 0.338 e. The lowest BCUT2D eigenvalue weighted by molar-refractivity contribution is -0.182. The van der Waals surface area contributed by atoms with E-state index in [9.17, 15) is 9.90 Å². The van der Waals surface area contributed by atoms with E-state index in [0.29, 0.717) is 22.6 Å². The van der Waals surface area contributed by atoms with Gasteiger partial charge in [-0.15, -0.1) is 0 Å². The van der Waals surface area contributed by atoms with Gasteiger partial charge in [0.15, 0.2) is 0 Å². The standard InChI is InChI=1S/C19H22N2O3/c1-12-16(17(22)23)14-4-2-3-5-15(14)21(12)11-18-8-19(9-18,10-18)20-13-6-24-7-13/h2-5,13,20H,6-11H2,1H3,(H,22,23). The molecule has 1 aliphatic heterocycles. The maximum atomic E-state index is 11.7. The molecule has 0 amide bonds. The van der Waals surface area contributed by atoms with Crippen LogP contribution in [0.1, 0.15) is 35.3 Å². The lowest BCUT2D eigenvalue weighted by Gasteiger charge is -2.72. The maximum absolute atomic E-state index is 11.7. The summed E-state index contributed by atoms with van der Waals surface area (Å²) in [6.45, 7) is 4.56. The minimum Gasteiger partial charge on any atom is -0.478 e. The number of benzene rings is 1. The number of fused-ring (bicyclic) bond motifs is 1. The van der Waals surface area contributed by atoms with Crippen LogP contribution in [-0.2, 0) is 11.3 Å². The summed E-state index contributed by atoms with van der Waals surface area (Å²) in [5.74, 6) is -0.830. The van der Waals surface area contributed by atoms with E-state index in [4.69, 9.17) is 4.74 Å². The molecule has 0 radical (unpaired) electrons. The quantitative estimate of drug-likeness (QED) is 0.886. The fourth-order valence-corrected chi connectivity index (χ4v) is 5.31. The van der Waals surface area contributed by atoms with E-state index in [1.165, 1.54) is 19.3 Å². The van der Waals surface area contributed by atoms with Gasteiger partial charge in [-0.2, -0.15) is 0 Å². The molecular formula is C19H22N2O3. The number of aromatic carboxylic acids is 1. The van der Waals surface area contributed by atoms with E-state index in [2.05, 4.69) is 9.88 Å². The summed E-state index contributed by atoms with van der Waals surface area (Å²) in [5, 5.41) is 14.2. The van der Waals surface area contributed by atoms with Crippen LogP contribution < -0.4 is 5.32 Å². The van der Waals surface area contributed by atoms with Gasteiger partial charge in [0.2, 0.25) is 0 Å². The number of hydrogen-bond acceptors (Lipinski definition) is 3. The Kier molecular flexibility index (Phi) is 2.78. The summed E-state index contributed by atoms with van der Waals surface area (Å²) in [6, 6.07) is 8.41. The average molecular weight is 326 g/mol. The smallest absolute Gasteiger partial charge is 0.338 e. The highest BCUT2D eigenvalue weighted by Crippen LogP contribution is 2.68. The van der Waals surface area contributed by atoms with E-state index in [1.807, 2.05) is 31.2 Å². The van der Waals surface area contributed by atoms with Crippen molar-refractivity contribution in [1.82, 2.24) is 9.88 Å². The highest BCUT2D eigenvalue weighted by Gasteiger charge is 2.68. The van der Waals surface area contributed by atoms with Gasteiger partial charge in [-0.25, -0.2) is 4.79 Å². The summed E-state index contributed by atoms with van der Waals surface area (Å²) < 4.78 is 7.48. The predicted molar refractivity (Wildman–Crippen MR) is 90.4 cm³/mol. The first-order valence-electron chi connectivity index (χ1n) is 8.68. The van der Waals surface area contributed by atoms with Crippen molar-refractivity contribution in [1.29, 1.82) is 0 Å². The van der Waals surface area contributed by atoms with E-state index in [1.54, 1.807) is 0 Å². The number of nitrogens with zero attached hydrogens (tertiary/aromatic N) is 1. The third-order valence-electron chi connectivity index (χ3n) is 6.23. The third-order valence-corrected chi connectivity index (χ3v) is 6.23. The molecule has 1 saturated heterocycles. The minimum atomic E-state index is -0.830. The van der Waals surface area contributed by atoms with Crippen molar-refractivity contribution in [3.63, 3.8) is 0 Å². The van der Waals surface area contributed by atoms with Gasteiger partial charge in [-0.05, 0) is 37.7 Å². The first-order chi connectivity index (χ1) is 11.5. The van der Waals surface area contributed by atoms with Gasteiger partial charge in [0.1, 0.15) is 0 Å². The van der Waals surface area contributed by atoms with Crippen molar-refractivity contribution in [2.24, 2.45) is 5.41 Å². The number of ether oxygens (including phenoxy) is 1. The molecule has 24 heavy (non-hydrogen) atoms. The summed E-state index contributed by atoms with van der Waals surface area (Å²) in [7, 11) is 0. The molecule has 3 saturated carbocycles. The van der Waals surface area contributed by atoms with Crippen LogP contribution in [0.25, 0.3) is 10.9 Å². The largest absolute Gasteiger partial charge is 0.478 e. The van der Waals surface area contributed by atoms with Gasteiger partial charge in [-0.1, -0.05) is 18.2 Å². The van der Waals surface area contributed by atoms with Crippen LogP contribution in [0.2, 0.25) is 0 Å². The van der Waals surface area contributed by atoms with Crippen LogP contribution >= 0.6 is 0 Å². The van der Waals surface area contributed by atoms with Gasteiger partial charge in [0, 0.05) is 28.7 Å². The Labute approximate surface area is 140 Å². The fraction of sp³-hybridized carbons (Fsp3) is 0.526. The Bertz CT molecular complexity index is 830. The number of para-hydroxylation sites is 1. The summed E-state index contributed by atoms with van der Waals surface area (Å²) >= 11 is 0. The Morgan fingerprint density at radius 1 is 1.33 bits per heavy atom. The number of carbonyl (C=O) groups is 1. The first-order valence-corrected chi connectivity index (χ1v) is 8.68. The van der Waals surface area contributed by atoms with Crippen molar-refractivity contribution in [2.45, 2.75) is 44.3 Å². The molecule has 126 valence electrons. The monoisotopic (exact) mass is 326 g/mol. The normalized spacial score (nSPS) is 31.4. The average Bonchev–Trinajstić information content (AvgIpc) is 2.70. The third kappa shape index (κ3) is 1.85. The zero-order valence-electron chi connectivity index (χ0n) is 13.8. The number of aromatic nitrogens is 1. The summed E-state index contributed by atoms with van der Waals surface area (Å²) in [6.07, 6.45) is 3.60. The van der Waals surface area contributed by atoms with Crippen LogP contribution in [0.4, 0.5) is 0 Å². The molecule has 0 unspecified atom stereocenters. The van der Waals surface area contributed by atoms with E-state index in [0.717, 1.165) is 36.4 Å². The van der Waals surface area contributed by atoms with Crippen LogP contribution in [0, 0.1) is 12.3 Å². The second-order valence-corrected chi connectivity index (χ2v) is 8.06. The van der Waals surface area contributed by atoms with Crippen LogP contribution in [0.3, 0.4) is 0 Å². The molecule has 5 nitrogen and oxygen atoms in total. The Morgan fingerprint density at radius 2 is 2.04 bits per heavy atom. The molecule has 1 aromatic heterocycles. The molecule has 4 aliphatic rings. The highest BCUT2D eigenvalue weighted by molar-refractivity contribution is 6.05. The Balaban J connectivity index is 1.41. The van der Waals surface area contributed by atoms with E-state index in [-0.39, 0.29) is 0 Å². The van der Waals surface area contributed by atoms with Crippen molar-refractivity contribution in [2.75, 3.05) is 13.2 Å². The molecule has 2 bridgehead atoms. The molecule has 2 aromatic rings. The number of nitrogens with one attached hydrogen (secondary N) is 1. The number of hydrogen-bond donors (Lipinski definition) is 2. The van der Waals surface area contributed by atoms with Crippen molar-refractivity contribution in [3.05, 3.63) is 35.5 Å². The zero-order chi connectivity index (χ0) is 16.5. The molecule has 3 aliphatic carbocycles. The van der Waals surface area contributed by atoms with Crippen molar-refractivity contribution < 1.29 is 14.6 Å². The lowest BCUT2D eigenvalue weighted by atomic mass is 9.39. The molecule has 0 spiro atoms. The zero-order valence-corrected chi connectivity index (χ0v) is 13.8. The van der Waals surface area contributed by atoms with E-state index < -0.39 is 5.97 Å².